The van der Waals surface area contributed by atoms with Gasteiger partial charge >= 0.3 is 0 Å². The molecular weight excluding hydrogens is 330 g/mol. The predicted molar refractivity (Wildman–Crippen MR) is 87.7 cm³/mol. The zero-order valence-corrected chi connectivity index (χ0v) is 13.3. The number of anilines is 2. The van der Waals surface area contributed by atoms with Gasteiger partial charge < -0.3 is 10.6 Å². The van der Waals surface area contributed by atoms with E-state index in [9.17, 15) is 5.26 Å². The van der Waals surface area contributed by atoms with Gasteiger partial charge in [-0.15, -0.1) is 0 Å². The molecule has 2 heterocycles. The molecular formula is C14H12ClN9. The number of nitriles is 1. The minimum absolute atomic E-state index is 0.214. The lowest BCUT2D eigenvalue weighted by Crippen LogP contribution is -2.15. The summed E-state index contributed by atoms with van der Waals surface area (Å²) in [5.41, 5.74) is 0.635. The third kappa shape index (κ3) is 3.23. The minimum Gasteiger partial charge on any atom is -0.357 e. The van der Waals surface area contributed by atoms with Gasteiger partial charge in [0.15, 0.2) is 0 Å². The van der Waals surface area contributed by atoms with Gasteiger partial charge in [0.25, 0.3) is 5.95 Å². The molecule has 0 saturated carbocycles. The van der Waals surface area contributed by atoms with Crippen LogP contribution in [0.3, 0.4) is 0 Å². The van der Waals surface area contributed by atoms with E-state index in [1.165, 1.54) is 17.3 Å². The first-order chi connectivity index (χ1) is 11.7. The van der Waals surface area contributed by atoms with Crippen molar-refractivity contribution in [2.24, 2.45) is 0 Å². The summed E-state index contributed by atoms with van der Waals surface area (Å²) in [5, 5.41) is 19.7. The fourth-order valence-corrected chi connectivity index (χ4v) is 2.22. The Labute approximate surface area is 142 Å². The second kappa shape index (κ2) is 6.89. The van der Waals surface area contributed by atoms with Gasteiger partial charge in [-0.3, -0.25) is 0 Å². The predicted octanol–water partition coefficient (Wildman–Crippen LogP) is 1.82. The molecule has 9 nitrogen and oxygen atoms in total. The van der Waals surface area contributed by atoms with E-state index in [0.717, 1.165) is 0 Å². The molecule has 24 heavy (non-hydrogen) atoms. The summed E-state index contributed by atoms with van der Waals surface area (Å²) in [7, 11) is 1.68. The Balaban J connectivity index is 1.95. The van der Waals surface area contributed by atoms with Gasteiger partial charge in [-0.05, 0) is 6.07 Å². The van der Waals surface area contributed by atoms with Crippen molar-refractivity contribution in [1.82, 2.24) is 29.7 Å². The zero-order valence-electron chi connectivity index (χ0n) is 12.5. The summed E-state index contributed by atoms with van der Waals surface area (Å²) in [6, 6.07) is 8.52. The van der Waals surface area contributed by atoms with Crippen LogP contribution >= 0.6 is 11.6 Å². The molecule has 0 aliphatic rings. The Kier molecular flexibility index (Phi) is 4.49. The van der Waals surface area contributed by atoms with Crippen LogP contribution in [0.5, 0.6) is 0 Å². The Morgan fingerprint density at radius 2 is 2.00 bits per heavy atom. The Morgan fingerprint density at radius 1 is 1.21 bits per heavy atom. The summed E-state index contributed by atoms with van der Waals surface area (Å²) >= 11 is 6.16. The van der Waals surface area contributed by atoms with Crippen LogP contribution in [0.1, 0.15) is 11.6 Å². The molecule has 0 fully saturated rings. The highest BCUT2D eigenvalue weighted by Gasteiger charge is 2.16. The van der Waals surface area contributed by atoms with E-state index in [0.29, 0.717) is 16.5 Å². The number of rotatable bonds is 5. The molecule has 2 N–H and O–H groups in total. The lowest BCUT2D eigenvalue weighted by atomic mass is 10.1. The van der Waals surface area contributed by atoms with Gasteiger partial charge in [0.05, 0.1) is 6.07 Å². The van der Waals surface area contributed by atoms with Gasteiger partial charge in [0.2, 0.25) is 11.9 Å². The van der Waals surface area contributed by atoms with Crippen molar-refractivity contribution in [3.63, 3.8) is 0 Å². The van der Waals surface area contributed by atoms with E-state index in [1.54, 1.807) is 31.3 Å². The van der Waals surface area contributed by atoms with Crippen molar-refractivity contribution in [1.29, 1.82) is 5.26 Å². The number of benzene rings is 1. The molecule has 0 saturated heterocycles. The molecule has 1 aromatic carbocycles. The highest BCUT2D eigenvalue weighted by molar-refractivity contribution is 6.31. The number of hydrogen-bond donors (Lipinski definition) is 2. The van der Waals surface area contributed by atoms with Crippen molar-refractivity contribution in [3.8, 4) is 12.0 Å². The summed E-state index contributed by atoms with van der Waals surface area (Å²) in [5.74, 6) is 0.811. The van der Waals surface area contributed by atoms with Crippen LogP contribution in [0.15, 0.2) is 36.9 Å². The van der Waals surface area contributed by atoms with Crippen LogP contribution < -0.4 is 10.6 Å². The van der Waals surface area contributed by atoms with E-state index in [2.05, 4.69) is 41.7 Å². The maximum Gasteiger partial charge on any atom is 0.258 e. The van der Waals surface area contributed by atoms with Gasteiger partial charge in [0.1, 0.15) is 18.7 Å². The van der Waals surface area contributed by atoms with Gasteiger partial charge in [-0.25, -0.2) is 4.98 Å². The normalized spacial score (nSPS) is 11.5. The number of nitrogens with one attached hydrogen (secondary N) is 2. The number of nitrogens with zero attached hydrogens (tertiary/aromatic N) is 7. The van der Waals surface area contributed by atoms with Crippen molar-refractivity contribution < 1.29 is 0 Å². The molecule has 3 rings (SSSR count). The number of halogens is 1. The average Bonchev–Trinajstić information content (AvgIpc) is 3.15. The van der Waals surface area contributed by atoms with Crippen LogP contribution in [0, 0.1) is 11.3 Å². The van der Waals surface area contributed by atoms with Crippen LogP contribution in [0.2, 0.25) is 5.02 Å². The molecule has 1 unspecified atom stereocenters. The third-order valence-corrected chi connectivity index (χ3v) is 3.43. The second-order valence-electron chi connectivity index (χ2n) is 4.60. The van der Waals surface area contributed by atoms with E-state index in [-0.39, 0.29) is 11.9 Å². The second-order valence-corrected chi connectivity index (χ2v) is 5.01. The van der Waals surface area contributed by atoms with Crippen molar-refractivity contribution in [2.45, 2.75) is 6.04 Å². The molecule has 3 aromatic rings. The molecule has 0 aliphatic carbocycles. The fourth-order valence-electron chi connectivity index (χ4n) is 1.97. The smallest absolute Gasteiger partial charge is 0.258 e. The summed E-state index contributed by atoms with van der Waals surface area (Å²) in [6.07, 6.45) is 2.84. The topological polar surface area (TPSA) is 117 Å². The third-order valence-electron chi connectivity index (χ3n) is 3.09. The highest BCUT2D eigenvalue weighted by atomic mass is 35.5. The fraction of sp³-hybridized carbons (Fsp3) is 0.143. The van der Waals surface area contributed by atoms with Crippen molar-refractivity contribution in [3.05, 3.63) is 47.5 Å². The summed E-state index contributed by atoms with van der Waals surface area (Å²) in [4.78, 5) is 16.5. The summed E-state index contributed by atoms with van der Waals surface area (Å²) in [6.45, 7) is 0. The number of aromatic nitrogens is 6. The molecule has 0 radical (unpaired) electrons. The summed E-state index contributed by atoms with van der Waals surface area (Å²) < 4.78 is 1.39. The lowest BCUT2D eigenvalue weighted by Gasteiger charge is -2.14. The highest BCUT2D eigenvalue weighted by Crippen LogP contribution is 2.24. The van der Waals surface area contributed by atoms with E-state index < -0.39 is 6.04 Å². The molecule has 0 bridgehead atoms. The average molecular weight is 342 g/mol. The molecule has 1 atom stereocenters. The van der Waals surface area contributed by atoms with E-state index in [1.807, 2.05) is 0 Å². The largest absolute Gasteiger partial charge is 0.357 e. The first-order valence-electron chi connectivity index (χ1n) is 6.90. The zero-order chi connectivity index (χ0) is 16.9. The molecule has 0 aliphatic heterocycles. The van der Waals surface area contributed by atoms with Gasteiger partial charge in [-0.1, -0.05) is 29.8 Å². The first-order valence-corrected chi connectivity index (χ1v) is 7.28. The van der Waals surface area contributed by atoms with Crippen molar-refractivity contribution >= 4 is 23.5 Å². The maximum atomic E-state index is 9.46. The monoisotopic (exact) mass is 341 g/mol. The van der Waals surface area contributed by atoms with E-state index >= 15 is 0 Å². The van der Waals surface area contributed by atoms with Crippen molar-refractivity contribution in [2.75, 3.05) is 17.7 Å². The molecule has 2 aromatic heterocycles. The number of hydrogen-bond acceptors (Lipinski definition) is 8. The van der Waals surface area contributed by atoms with Crippen LogP contribution in [-0.4, -0.2) is 36.8 Å². The SMILES string of the molecule is CNc1nc(NC(C#N)c2ccccc2Cl)nc(-n2cncn2)n1. The maximum absolute atomic E-state index is 9.46. The van der Waals surface area contributed by atoms with Crippen LogP contribution in [0.25, 0.3) is 5.95 Å². The molecule has 0 amide bonds. The standard InChI is InChI=1S/C14H12ClN9/c1-17-12-21-13(23-14(22-12)24-8-18-7-19-24)20-11(6-16)9-4-2-3-5-10(9)15/h2-5,7-8,11H,1H3,(H2,17,20,21,22,23). The molecule has 120 valence electrons. The van der Waals surface area contributed by atoms with Crippen LogP contribution in [-0.2, 0) is 0 Å². The van der Waals surface area contributed by atoms with Gasteiger partial charge in [-0.2, -0.15) is 30.0 Å². The Bertz CT molecular complexity index is 872. The molecule has 10 heteroatoms. The van der Waals surface area contributed by atoms with Crippen LogP contribution in [0.4, 0.5) is 11.9 Å². The van der Waals surface area contributed by atoms with Gasteiger partial charge in [0, 0.05) is 17.6 Å². The molecule has 0 spiro atoms. The quantitative estimate of drug-likeness (QED) is 0.721. The lowest BCUT2D eigenvalue weighted by molar-refractivity contribution is 0.792. The van der Waals surface area contributed by atoms with E-state index in [4.69, 9.17) is 11.6 Å². The Hall–Kier alpha value is -3.25. The Morgan fingerprint density at radius 3 is 2.67 bits per heavy atom. The minimum atomic E-state index is -0.714. The first kappa shape index (κ1) is 15.6.